The summed E-state index contributed by atoms with van der Waals surface area (Å²) in [6.45, 7) is 4.70. The molecule has 102 heavy (non-hydrogen) atoms. The molecule has 0 amide bonds. The van der Waals surface area contributed by atoms with E-state index in [0.717, 1.165) is 149 Å². The third kappa shape index (κ3) is 7.99. The molecular weight excluding hydrogens is 1240 g/mol. The molecule has 0 saturated heterocycles. The van der Waals surface area contributed by atoms with E-state index in [0.29, 0.717) is 11.1 Å². The molecule has 0 unspecified atom stereocenters. The number of fused-ring (bicyclic) bond motifs is 20. The van der Waals surface area contributed by atoms with Gasteiger partial charge in [0.1, 0.15) is 6.07 Å². The lowest BCUT2D eigenvalue weighted by Gasteiger charge is -2.21. The van der Waals surface area contributed by atoms with E-state index in [1.807, 2.05) is 0 Å². The number of benzene rings is 15. The summed E-state index contributed by atoms with van der Waals surface area (Å²) >= 11 is 0. The Labute approximate surface area is 586 Å². The summed E-state index contributed by atoms with van der Waals surface area (Å²) in [5, 5.41) is 34.4. The van der Waals surface area contributed by atoms with Gasteiger partial charge in [-0.25, -0.2) is 0 Å². The van der Waals surface area contributed by atoms with E-state index in [2.05, 4.69) is 370 Å². The summed E-state index contributed by atoms with van der Waals surface area (Å²) in [6.07, 6.45) is 0. The quantitative estimate of drug-likeness (QED) is 0.152. The monoisotopic (exact) mass is 1300 g/mol. The highest BCUT2D eigenvalue weighted by Crippen LogP contribution is 2.54. The molecule has 0 N–H and O–H groups in total. The van der Waals surface area contributed by atoms with Gasteiger partial charge in [-0.3, -0.25) is 0 Å². The van der Waals surface area contributed by atoms with Crippen LogP contribution in [-0.2, 0) is 5.41 Å². The maximum Gasteiger partial charge on any atom is 0.101 e. The highest BCUT2D eigenvalue weighted by atomic mass is 15.0. The normalized spacial score (nSPS) is 12.7. The molecule has 20 aromatic rings. The molecule has 1 aliphatic carbocycles. The second-order valence-corrected chi connectivity index (χ2v) is 27.7. The van der Waals surface area contributed by atoms with Crippen molar-refractivity contribution in [1.82, 2.24) is 22.8 Å². The van der Waals surface area contributed by atoms with Crippen LogP contribution in [0.25, 0.3) is 182 Å². The van der Waals surface area contributed by atoms with Crippen LogP contribution in [0.2, 0.25) is 0 Å². The first kappa shape index (κ1) is 57.4. The molecule has 474 valence electrons. The molecule has 0 radical (unpaired) electrons. The van der Waals surface area contributed by atoms with Gasteiger partial charge in [0.05, 0.1) is 89.4 Å². The van der Waals surface area contributed by atoms with Gasteiger partial charge in [-0.05, 0) is 148 Å². The van der Waals surface area contributed by atoms with Gasteiger partial charge in [0.2, 0.25) is 0 Å². The van der Waals surface area contributed by atoms with E-state index in [4.69, 9.17) is 0 Å². The van der Waals surface area contributed by atoms with Gasteiger partial charge in [0.15, 0.2) is 0 Å². The Hall–Kier alpha value is -13.7. The standard InChI is InChI=1S/C95H59N7/c1-95(2)77-33-12-3-30-73(77)91-78(95)47-51-89-92(91)74-31-10-19-40-86(74)102(89)88-49-42-59(55-76(88)65-45-44-64(54-61(65)56-96)98-81-35-14-5-25-67(81)68-26-6-15-36-82(68)98)58-22-21-23-63(53-58)99-83-37-16-9-29-71(83)72-46-50-90-93(94(72)99)75-32-11-20-41-87(75)101(90)80-34-13-4-24-66(80)60-43-48-79(62(52-60)57-97)100-84-38-17-7-27-69(84)70-28-8-18-39-85(70)100/h3-55H,1-2H3. The molecule has 7 nitrogen and oxygen atoms in total. The third-order valence-electron chi connectivity index (χ3n) is 22.2. The van der Waals surface area contributed by atoms with Crippen LogP contribution in [0.1, 0.15) is 36.1 Å². The van der Waals surface area contributed by atoms with Crippen molar-refractivity contribution in [3.8, 4) is 85.1 Å². The Bertz CT molecular complexity index is 7030. The predicted molar refractivity (Wildman–Crippen MR) is 421 cm³/mol. The van der Waals surface area contributed by atoms with Gasteiger partial charge in [0, 0.05) is 87.3 Å². The summed E-state index contributed by atoms with van der Waals surface area (Å²) in [5.74, 6) is 0. The minimum absolute atomic E-state index is 0.183. The summed E-state index contributed by atoms with van der Waals surface area (Å²) < 4.78 is 11.9. The first-order chi connectivity index (χ1) is 50.3. The Morgan fingerprint density at radius 2 is 0.716 bits per heavy atom. The smallest absolute Gasteiger partial charge is 0.101 e. The number of hydrogen-bond acceptors (Lipinski definition) is 2. The molecule has 1 aliphatic rings. The highest BCUT2D eigenvalue weighted by molar-refractivity contribution is 6.27. The summed E-state index contributed by atoms with van der Waals surface area (Å²) in [6, 6.07) is 121. The Kier molecular flexibility index (Phi) is 12.2. The summed E-state index contributed by atoms with van der Waals surface area (Å²) in [5.41, 5.74) is 27.7. The summed E-state index contributed by atoms with van der Waals surface area (Å²) in [4.78, 5) is 0. The van der Waals surface area contributed by atoms with Crippen molar-refractivity contribution in [2.24, 2.45) is 0 Å². The second kappa shape index (κ2) is 21.6. The van der Waals surface area contributed by atoms with Crippen molar-refractivity contribution >= 4 is 109 Å². The van der Waals surface area contributed by atoms with Gasteiger partial charge in [-0.1, -0.05) is 226 Å². The molecule has 0 bridgehead atoms. The van der Waals surface area contributed by atoms with E-state index >= 15 is 0 Å². The Balaban J connectivity index is 0.758. The van der Waals surface area contributed by atoms with Gasteiger partial charge >= 0.3 is 0 Å². The Morgan fingerprint density at radius 3 is 1.35 bits per heavy atom. The molecule has 21 rings (SSSR count). The van der Waals surface area contributed by atoms with Crippen LogP contribution in [0.5, 0.6) is 0 Å². The van der Waals surface area contributed by atoms with E-state index in [1.54, 1.807) is 0 Å². The number of rotatable bonds is 8. The highest BCUT2D eigenvalue weighted by Gasteiger charge is 2.38. The van der Waals surface area contributed by atoms with Crippen molar-refractivity contribution < 1.29 is 0 Å². The second-order valence-electron chi connectivity index (χ2n) is 27.7. The topological polar surface area (TPSA) is 72.2 Å². The zero-order valence-electron chi connectivity index (χ0n) is 55.7. The van der Waals surface area contributed by atoms with Crippen LogP contribution >= 0.6 is 0 Å². The number of hydrogen-bond donors (Lipinski definition) is 0. The van der Waals surface area contributed by atoms with Crippen molar-refractivity contribution in [3.63, 3.8) is 0 Å². The van der Waals surface area contributed by atoms with Crippen molar-refractivity contribution in [1.29, 1.82) is 10.5 Å². The molecular formula is C95H59N7. The van der Waals surface area contributed by atoms with Crippen molar-refractivity contribution in [3.05, 3.63) is 344 Å². The van der Waals surface area contributed by atoms with Gasteiger partial charge in [-0.2, -0.15) is 10.5 Å². The number of para-hydroxylation sites is 8. The molecule has 5 heterocycles. The molecule has 0 spiro atoms. The molecule has 0 atom stereocenters. The van der Waals surface area contributed by atoms with Crippen molar-refractivity contribution in [2.45, 2.75) is 19.3 Å². The van der Waals surface area contributed by atoms with Crippen LogP contribution in [0.3, 0.4) is 0 Å². The minimum atomic E-state index is -0.183. The van der Waals surface area contributed by atoms with E-state index < -0.39 is 0 Å². The molecule has 0 fully saturated rings. The Morgan fingerprint density at radius 1 is 0.255 bits per heavy atom. The predicted octanol–water partition coefficient (Wildman–Crippen LogP) is 24.2. The fraction of sp³-hybridized carbons (Fsp3) is 0.0316. The minimum Gasteiger partial charge on any atom is -0.309 e. The summed E-state index contributed by atoms with van der Waals surface area (Å²) in [7, 11) is 0. The lowest BCUT2D eigenvalue weighted by molar-refractivity contribution is 0.661. The maximum atomic E-state index is 11.6. The molecule has 7 heteroatoms. The van der Waals surface area contributed by atoms with Crippen molar-refractivity contribution in [2.75, 3.05) is 0 Å². The van der Waals surface area contributed by atoms with E-state index in [1.165, 1.54) is 43.8 Å². The van der Waals surface area contributed by atoms with Gasteiger partial charge < -0.3 is 22.8 Å². The largest absolute Gasteiger partial charge is 0.309 e. The van der Waals surface area contributed by atoms with Crippen LogP contribution in [0, 0.1) is 22.7 Å². The number of nitrogens with zero attached hydrogens (tertiary/aromatic N) is 7. The lowest BCUT2D eigenvalue weighted by atomic mass is 9.82. The van der Waals surface area contributed by atoms with Gasteiger partial charge in [-0.15, -0.1) is 0 Å². The average molecular weight is 1300 g/mol. The SMILES string of the molecule is CC1(C)c2ccccc2-c2c1ccc1c2c2ccccc2n1-c1ccc(-c2cccc(-n3c4ccccc4c4ccc5c(c6ccccc6n5-c5ccccc5-c5ccc(-n6c7ccccc7c7ccccc76)c(C#N)c5)c43)c2)cc1-c1ccc(-n2c3ccccc3c3ccccc32)cc1C#N. The first-order valence-corrected chi connectivity index (χ1v) is 34.9. The molecule has 5 aromatic heterocycles. The third-order valence-corrected chi connectivity index (χ3v) is 22.2. The van der Waals surface area contributed by atoms with Crippen LogP contribution in [-0.4, -0.2) is 22.8 Å². The maximum absolute atomic E-state index is 11.6. The molecule has 0 saturated carbocycles. The van der Waals surface area contributed by atoms with E-state index in [9.17, 15) is 10.5 Å². The fourth-order valence-electron chi connectivity index (χ4n) is 17.8. The lowest BCUT2D eigenvalue weighted by Crippen LogP contribution is -2.14. The number of aromatic nitrogens is 5. The van der Waals surface area contributed by atoms with Crippen LogP contribution in [0.15, 0.2) is 322 Å². The first-order valence-electron chi connectivity index (χ1n) is 34.9. The number of nitriles is 2. The van der Waals surface area contributed by atoms with Crippen LogP contribution in [0.4, 0.5) is 0 Å². The molecule has 15 aromatic carbocycles. The van der Waals surface area contributed by atoms with E-state index in [-0.39, 0.29) is 5.41 Å². The average Bonchev–Trinajstić information content (AvgIpc) is 1.54. The fourth-order valence-corrected chi connectivity index (χ4v) is 17.8. The zero-order valence-corrected chi connectivity index (χ0v) is 55.7. The van der Waals surface area contributed by atoms with Gasteiger partial charge in [0.25, 0.3) is 0 Å². The molecule has 0 aliphatic heterocycles. The van der Waals surface area contributed by atoms with Crippen LogP contribution < -0.4 is 0 Å². The zero-order chi connectivity index (χ0) is 67.6.